The maximum absolute atomic E-state index is 8.02. The van der Waals surface area contributed by atoms with Crippen LogP contribution >= 0.6 is 0 Å². The molecule has 1 heteroatoms. The Balaban J connectivity index is 1.79. The minimum atomic E-state index is -0.195. The summed E-state index contributed by atoms with van der Waals surface area (Å²) in [6.07, 6.45) is -0.195. The zero-order valence-electron chi connectivity index (χ0n) is 10.3. The molecule has 0 heterocycles. The maximum atomic E-state index is 8.02. The molecule has 0 bridgehead atoms. The van der Waals surface area contributed by atoms with Gasteiger partial charge in [-0.05, 0) is 24.1 Å². The van der Waals surface area contributed by atoms with E-state index in [9.17, 15) is 0 Å². The van der Waals surface area contributed by atoms with Crippen molar-refractivity contribution in [2.45, 2.75) is 12.9 Å². The topological polar surface area (TPSA) is 12.0 Å². The van der Waals surface area contributed by atoms with E-state index in [1.165, 1.54) is 5.56 Å². The van der Waals surface area contributed by atoms with Gasteiger partial charge in [-0.1, -0.05) is 60.7 Å². The summed E-state index contributed by atoms with van der Waals surface area (Å²) in [7, 11) is 0. The van der Waals surface area contributed by atoms with Gasteiger partial charge in [0.2, 0.25) is 0 Å². The van der Waals surface area contributed by atoms with Gasteiger partial charge in [-0.3, -0.25) is 0 Å². The van der Waals surface area contributed by atoms with E-state index in [0.29, 0.717) is 6.54 Å². The molecule has 0 saturated carbocycles. The Kier molecular flexibility index (Phi) is 3.66. The summed E-state index contributed by atoms with van der Waals surface area (Å²) in [6, 6.07) is 20.2. The lowest BCUT2D eigenvalue weighted by Crippen LogP contribution is -2.16. The first-order valence-corrected chi connectivity index (χ1v) is 5.58. The number of hydrogen-bond donors (Lipinski definition) is 1. The van der Waals surface area contributed by atoms with Crippen LogP contribution in [-0.2, 0) is 12.9 Å². The summed E-state index contributed by atoms with van der Waals surface area (Å²) in [5.41, 5.74) is 2.32. The Hall–Kier alpha value is -1.60. The Labute approximate surface area is 98.5 Å². The number of hydrogen-bond acceptors (Lipinski definition) is 1. The molecule has 0 aromatic heterocycles. The Morgan fingerprint density at radius 3 is 2.00 bits per heavy atom. The summed E-state index contributed by atoms with van der Waals surface area (Å²) in [4.78, 5) is 0. The maximum Gasteiger partial charge on any atom is 0.0329 e. The molecule has 0 aliphatic heterocycles. The monoisotopic (exact) mass is 212 g/mol. The van der Waals surface area contributed by atoms with E-state index >= 15 is 0 Å². The van der Waals surface area contributed by atoms with Crippen LogP contribution in [0.1, 0.15) is 12.5 Å². The van der Waals surface area contributed by atoms with Crippen LogP contribution in [0.4, 0.5) is 0 Å². The van der Waals surface area contributed by atoms with Gasteiger partial charge in [0.1, 0.15) is 0 Å². The molecule has 0 radical (unpaired) electrons. The van der Waals surface area contributed by atoms with Crippen LogP contribution in [0.15, 0.2) is 60.7 Å². The second kappa shape index (κ2) is 6.09. The van der Waals surface area contributed by atoms with Crippen molar-refractivity contribution in [3.63, 3.8) is 0 Å². The van der Waals surface area contributed by atoms with Crippen molar-refractivity contribution in [2.24, 2.45) is 0 Å². The molecule has 0 spiro atoms. The Morgan fingerprint density at radius 2 is 1.38 bits per heavy atom. The van der Waals surface area contributed by atoms with Crippen molar-refractivity contribution < 1.29 is 1.37 Å². The first-order valence-electron chi connectivity index (χ1n) is 6.16. The van der Waals surface area contributed by atoms with E-state index in [2.05, 4.69) is 17.4 Å². The molecule has 82 valence electrons. The van der Waals surface area contributed by atoms with E-state index in [0.717, 1.165) is 12.1 Å². The minimum absolute atomic E-state index is 0.195. The normalized spacial score (nSPS) is 13.1. The lowest BCUT2D eigenvalue weighted by molar-refractivity contribution is 0.687. The first-order chi connectivity index (χ1) is 8.36. The van der Waals surface area contributed by atoms with Gasteiger partial charge in [-0.2, -0.15) is 0 Å². The average molecular weight is 212 g/mol. The van der Waals surface area contributed by atoms with Crippen molar-refractivity contribution >= 4 is 0 Å². The molecule has 0 aliphatic carbocycles. The van der Waals surface area contributed by atoms with Crippen LogP contribution in [0.5, 0.6) is 0 Å². The van der Waals surface area contributed by atoms with Crippen LogP contribution in [-0.4, -0.2) is 6.54 Å². The van der Waals surface area contributed by atoms with Crippen molar-refractivity contribution in [1.82, 2.24) is 5.32 Å². The highest BCUT2D eigenvalue weighted by Crippen LogP contribution is 2.00. The van der Waals surface area contributed by atoms with E-state index in [4.69, 9.17) is 1.37 Å². The third-order valence-electron chi connectivity index (χ3n) is 2.45. The summed E-state index contributed by atoms with van der Waals surface area (Å²) < 4.78 is 8.02. The quantitative estimate of drug-likeness (QED) is 0.803. The molecule has 0 amide bonds. The summed E-state index contributed by atoms with van der Waals surface area (Å²) in [5.74, 6) is 0. The largest absolute Gasteiger partial charge is 0.312 e. The van der Waals surface area contributed by atoms with Crippen molar-refractivity contribution in [3.8, 4) is 0 Å². The second-order valence-electron chi connectivity index (χ2n) is 3.73. The summed E-state index contributed by atoms with van der Waals surface area (Å²) >= 11 is 0. The Bertz CT molecular complexity index is 427. The van der Waals surface area contributed by atoms with Crippen LogP contribution in [0, 0.1) is 0 Å². The van der Waals surface area contributed by atoms with Gasteiger partial charge >= 0.3 is 0 Å². The molecule has 1 atom stereocenters. The predicted octanol–water partition coefficient (Wildman–Crippen LogP) is 3.02. The highest BCUT2D eigenvalue weighted by molar-refractivity contribution is 5.16. The minimum Gasteiger partial charge on any atom is -0.312 e. The van der Waals surface area contributed by atoms with Gasteiger partial charge < -0.3 is 5.32 Å². The zero-order valence-corrected chi connectivity index (χ0v) is 9.27. The fourth-order valence-corrected chi connectivity index (χ4v) is 1.59. The molecule has 0 saturated heterocycles. The van der Waals surface area contributed by atoms with Crippen LogP contribution in [0.3, 0.4) is 0 Å². The van der Waals surface area contributed by atoms with Crippen LogP contribution in [0.2, 0.25) is 0 Å². The molecule has 2 rings (SSSR count). The van der Waals surface area contributed by atoms with E-state index in [1.807, 2.05) is 48.5 Å². The van der Waals surface area contributed by atoms with Crippen molar-refractivity contribution in [1.29, 1.82) is 0 Å². The predicted molar refractivity (Wildman–Crippen MR) is 68.3 cm³/mol. The highest BCUT2D eigenvalue weighted by atomic mass is 14.8. The number of nitrogens with one attached hydrogen (secondary N) is 1. The lowest BCUT2D eigenvalue weighted by atomic mass is 10.1. The van der Waals surface area contributed by atoms with E-state index in [1.54, 1.807) is 0 Å². The fourth-order valence-electron chi connectivity index (χ4n) is 1.59. The van der Waals surface area contributed by atoms with E-state index < -0.39 is 0 Å². The van der Waals surface area contributed by atoms with Gasteiger partial charge in [0.25, 0.3) is 0 Å². The van der Waals surface area contributed by atoms with Gasteiger partial charge in [0.15, 0.2) is 0 Å². The SMILES string of the molecule is [2H]C(CNCc1ccccc1)c1ccccc1. The van der Waals surface area contributed by atoms with Crippen LogP contribution < -0.4 is 5.32 Å². The molecule has 16 heavy (non-hydrogen) atoms. The molecular formula is C15H17N. The third kappa shape index (κ3) is 3.52. The number of rotatable bonds is 5. The molecule has 2 aromatic carbocycles. The van der Waals surface area contributed by atoms with Crippen LogP contribution in [0.25, 0.3) is 0 Å². The average Bonchev–Trinajstić information content (AvgIpc) is 2.41. The molecule has 0 aliphatic rings. The van der Waals surface area contributed by atoms with Crippen molar-refractivity contribution in [2.75, 3.05) is 6.54 Å². The smallest absolute Gasteiger partial charge is 0.0329 e. The molecular weight excluding hydrogens is 194 g/mol. The highest BCUT2D eigenvalue weighted by Gasteiger charge is 1.92. The molecule has 0 fully saturated rings. The standard InChI is InChI=1S/C15H17N/c1-3-7-14(8-4-1)11-12-16-13-15-9-5-2-6-10-15/h1-10,16H,11-13H2/i11D. The van der Waals surface area contributed by atoms with Gasteiger partial charge in [-0.15, -0.1) is 0 Å². The summed E-state index contributed by atoms with van der Waals surface area (Å²) in [5, 5.41) is 3.31. The molecule has 1 unspecified atom stereocenters. The second-order valence-corrected chi connectivity index (χ2v) is 3.73. The number of benzene rings is 2. The third-order valence-corrected chi connectivity index (χ3v) is 2.45. The van der Waals surface area contributed by atoms with Crippen molar-refractivity contribution in [3.05, 3.63) is 71.8 Å². The lowest BCUT2D eigenvalue weighted by Gasteiger charge is -2.04. The first kappa shape index (κ1) is 9.61. The zero-order chi connectivity index (χ0) is 11.9. The van der Waals surface area contributed by atoms with Gasteiger partial charge in [-0.25, -0.2) is 0 Å². The molecule has 1 nitrogen and oxygen atoms in total. The van der Waals surface area contributed by atoms with Gasteiger partial charge in [0.05, 0.1) is 0 Å². The van der Waals surface area contributed by atoms with Gasteiger partial charge in [0, 0.05) is 7.92 Å². The fraction of sp³-hybridized carbons (Fsp3) is 0.200. The summed E-state index contributed by atoms with van der Waals surface area (Å²) in [6.45, 7) is 1.50. The molecule has 2 aromatic rings. The van der Waals surface area contributed by atoms with E-state index in [-0.39, 0.29) is 6.40 Å². The Morgan fingerprint density at radius 1 is 0.812 bits per heavy atom. The molecule has 1 N–H and O–H groups in total.